The van der Waals surface area contributed by atoms with E-state index >= 15 is 0 Å². The molecule has 4 heterocycles. The van der Waals surface area contributed by atoms with Crippen molar-refractivity contribution in [3.05, 3.63) is 129 Å². The topological polar surface area (TPSA) is 45.8 Å². The summed E-state index contributed by atoms with van der Waals surface area (Å²) in [6, 6.07) is 23.7. The highest BCUT2D eigenvalue weighted by Gasteiger charge is 2.18. The van der Waals surface area contributed by atoms with Crippen LogP contribution in [0.15, 0.2) is 72.8 Å². The number of aromatic nitrogens is 2. The molecular weight excluding hydrogens is 557 g/mol. The Morgan fingerprint density at radius 2 is 1.20 bits per heavy atom. The molecule has 0 unspecified atom stereocenters. The van der Waals surface area contributed by atoms with Crippen LogP contribution in [0.4, 0.5) is 0 Å². The Morgan fingerprint density at radius 3 is 1.86 bits per heavy atom. The molecule has 5 aromatic rings. The van der Waals surface area contributed by atoms with Crippen molar-refractivity contribution in [2.24, 2.45) is 0 Å². The molecule has 1 aliphatic heterocycles. The standard InChI is InChI=1S/C40H34N2OS/c1-22-15-24(3)37(25(4)16-22)39-32-10-8-30(41-32)20-28-7-12-34(43)29(19-28)21-31-9-11-33(42-31)40(36-14-13-35(39)44-36)38-26(5)17-23(2)18-27(38)6/h7-21,42H,1-6H3. The summed E-state index contributed by atoms with van der Waals surface area (Å²) in [7, 11) is 0. The van der Waals surface area contributed by atoms with Crippen molar-refractivity contribution in [2.45, 2.75) is 41.5 Å². The SMILES string of the molecule is Cc1cc(C)c(-c2c3nc(cc4cc(cc5ccc([nH]5)c(-c5c(C)cc(C)cc5C)c5ccc2s5)C(=O)C=C4)C=C3)c(C)c1. The van der Waals surface area contributed by atoms with Crippen LogP contribution in [-0.2, 0) is 0 Å². The van der Waals surface area contributed by atoms with Gasteiger partial charge in [0.25, 0.3) is 0 Å². The molecule has 1 aliphatic carbocycles. The Kier molecular flexibility index (Phi) is 6.83. The van der Waals surface area contributed by atoms with E-state index in [9.17, 15) is 4.79 Å². The van der Waals surface area contributed by atoms with E-state index in [0.717, 1.165) is 33.5 Å². The van der Waals surface area contributed by atoms with Crippen LogP contribution < -0.4 is 0 Å². The summed E-state index contributed by atoms with van der Waals surface area (Å²) in [5.41, 5.74) is 17.6. The molecule has 0 spiro atoms. The second kappa shape index (κ2) is 10.7. The number of carbonyl (C=O) groups excluding carboxylic acids is 1. The number of hydrogen-bond donors (Lipinski definition) is 1. The van der Waals surface area contributed by atoms with Crippen molar-refractivity contribution >= 4 is 55.8 Å². The quantitative estimate of drug-likeness (QED) is 0.218. The van der Waals surface area contributed by atoms with Gasteiger partial charge in [-0.15, -0.1) is 11.3 Å². The third-order valence-electron chi connectivity index (χ3n) is 8.51. The van der Waals surface area contributed by atoms with Gasteiger partial charge < -0.3 is 4.98 Å². The number of rotatable bonds is 2. The summed E-state index contributed by atoms with van der Waals surface area (Å²) >= 11 is 1.81. The van der Waals surface area contributed by atoms with E-state index in [0.29, 0.717) is 5.56 Å². The lowest BCUT2D eigenvalue weighted by Crippen LogP contribution is -1.97. The van der Waals surface area contributed by atoms with Crippen LogP contribution in [-0.4, -0.2) is 15.8 Å². The molecule has 3 aromatic heterocycles. The van der Waals surface area contributed by atoms with Crippen LogP contribution >= 0.6 is 11.3 Å². The summed E-state index contributed by atoms with van der Waals surface area (Å²) in [6.07, 6.45) is 7.72. The zero-order chi connectivity index (χ0) is 30.7. The lowest BCUT2D eigenvalue weighted by Gasteiger charge is -2.13. The Balaban J connectivity index is 1.69. The molecule has 8 bridgehead atoms. The first-order chi connectivity index (χ1) is 21.1. The number of aromatic amines is 1. The van der Waals surface area contributed by atoms with Gasteiger partial charge in [-0.3, -0.25) is 4.79 Å². The average Bonchev–Trinajstić information content (AvgIpc) is 3.72. The van der Waals surface area contributed by atoms with Crippen molar-refractivity contribution in [1.82, 2.24) is 9.97 Å². The van der Waals surface area contributed by atoms with E-state index in [1.54, 1.807) is 17.4 Å². The monoisotopic (exact) mass is 590 g/mol. The van der Waals surface area contributed by atoms with E-state index in [-0.39, 0.29) is 5.78 Å². The fraction of sp³-hybridized carbons (Fsp3) is 0.150. The van der Waals surface area contributed by atoms with E-state index in [1.165, 1.54) is 59.5 Å². The first kappa shape index (κ1) is 28.0. The number of nitrogens with one attached hydrogen (secondary N) is 1. The van der Waals surface area contributed by atoms with Crippen molar-refractivity contribution in [3.8, 4) is 22.3 Å². The second-order valence-electron chi connectivity index (χ2n) is 12.1. The normalized spacial score (nSPS) is 12.6. The summed E-state index contributed by atoms with van der Waals surface area (Å²) in [4.78, 5) is 21.7. The molecule has 0 radical (unpaired) electrons. The predicted octanol–water partition coefficient (Wildman–Crippen LogP) is 10.9. The van der Waals surface area contributed by atoms with Gasteiger partial charge in [0.1, 0.15) is 0 Å². The number of hydrogen-bond acceptors (Lipinski definition) is 3. The van der Waals surface area contributed by atoms with Gasteiger partial charge in [0, 0.05) is 37.1 Å². The Morgan fingerprint density at radius 1 is 0.591 bits per heavy atom. The molecule has 2 aliphatic rings. The number of H-pyrrole nitrogens is 1. The van der Waals surface area contributed by atoms with Gasteiger partial charge in [0.05, 0.1) is 11.4 Å². The van der Waals surface area contributed by atoms with E-state index in [2.05, 4.69) is 107 Å². The fourth-order valence-electron chi connectivity index (χ4n) is 6.87. The molecule has 0 atom stereocenters. The number of ketones is 1. The van der Waals surface area contributed by atoms with Gasteiger partial charge in [-0.25, -0.2) is 4.98 Å². The molecule has 216 valence electrons. The Labute approximate surface area is 262 Å². The van der Waals surface area contributed by atoms with Crippen molar-refractivity contribution < 1.29 is 4.79 Å². The zero-order valence-electron chi connectivity index (χ0n) is 25.9. The summed E-state index contributed by atoms with van der Waals surface area (Å²) in [5.74, 6) is -0.00571. The van der Waals surface area contributed by atoms with Crippen LogP contribution in [0, 0.1) is 41.5 Å². The molecule has 3 nitrogen and oxygen atoms in total. The second-order valence-corrected chi connectivity index (χ2v) is 13.2. The maximum Gasteiger partial charge on any atom is 0.185 e. The summed E-state index contributed by atoms with van der Waals surface area (Å²) in [6.45, 7) is 13.1. The minimum atomic E-state index is -0.00571. The molecule has 0 saturated carbocycles. The van der Waals surface area contributed by atoms with Gasteiger partial charge >= 0.3 is 0 Å². The smallest absolute Gasteiger partial charge is 0.185 e. The predicted molar refractivity (Wildman–Crippen MR) is 188 cm³/mol. The third kappa shape index (κ3) is 4.95. The number of aryl methyl sites for hydroxylation is 6. The molecule has 7 rings (SSSR count). The first-order valence-electron chi connectivity index (χ1n) is 15.0. The molecular formula is C40H34N2OS. The molecule has 44 heavy (non-hydrogen) atoms. The van der Waals surface area contributed by atoms with Crippen molar-refractivity contribution in [2.75, 3.05) is 0 Å². The van der Waals surface area contributed by atoms with Crippen LogP contribution in [0.3, 0.4) is 0 Å². The van der Waals surface area contributed by atoms with Gasteiger partial charge in [-0.05, 0) is 141 Å². The largest absolute Gasteiger partial charge is 0.355 e. The number of thiophene rings is 1. The zero-order valence-corrected chi connectivity index (χ0v) is 26.7. The van der Waals surface area contributed by atoms with Gasteiger partial charge in [0.15, 0.2) is 5.78 Å². The minimum absolute atomic E-state index is 0.00571. The highest BCUT2D eigenvalue weighted by molar-refractivity contribution is 7.24. The number of benzene rings is 2. The van der Waals surface area contributed by atoms with Crippen LogP contribution in [0.1, 0.15) is 60.7 Å². The molecule has 0 amide bonds. The number of allylic oxidation sites excluding steroid dienone is 1. The lowest BCUT2D eigenvalue weighted by atomic mass is 9.93. The number of carbonyl (C=O) groups is 1. The van der Waals surface area contributed by atoms with E-state index in [1.807, 2.05) is 24.3 Å². The number of fused-ring (bicyclic) bond motifs is 8. The molecule has 0 saturated heterocycles. The first-order valence-corrected chi connectivity index (χ1v) is 15.8. The van der Waals surface area contributed by atoms with Gasteiger partial charge in [-0.1, -0.05) is 41.5 Å². The lowest BCUT2D eigenvalue weighted by molar-refractivity contribution is 0.104. The minimum Gasteiger partial charge on any atom is -0.355 e. The van der Waals surface area contributed by atoms with E-state index < -0.39 is 0 Å². The molecule has 2 aromatic carbocycles. The fourth-order valence-corrected chi connectivity index (χ4v) is 8.00. The van der Waals surface area contributed by atoms with Gasteiger partial charge in [0.2, 0.25) is 0 Å². The van der Waals surface area contributed by atoms with Gasteiger partial charge in [-0.2, -0.15) is 0 Å². The summed E-state index contributed by atoms with van der Waals surface area (Å²) < 4.78 is 2.36. The molecule has 1 N–H and O–H groups in total. The highest BCUT2D eigenvalue weighted by atomic mass is 32.1. The molecule has 4 heteroatoms. The highest BCUT2D eigenvalue weighted by Crippen LogP contribution is 2.42. The Bertz CT molecular complexity index is 2210. The number of nitrogens with zero attached hydrogens (tertiary/aromatic N) is 1. The Hall–Kier alpha value is -4.80. The molecule has 0 fully saturated rings. The van der Waals surface area contributed by atoms with Crippen LogP contribution in [0.25, 0.3) is 60.9 Å². The summed E-state index contributed by atoms with van der Waals surface area (Å²) in [5, 5.41) is 0. The van der Waals surface area contributed by atoms with Crippen molar-refractivity contribution in [1.29, 1.82) is 0 Å². The maximum atomic E-state index is 12.9. The average molecular weight is 591 g/mol. The maximum absolute atomic E-state index is 12.9. The van der Waals surface area contributed by atoms with Crippen LogP contribution in [0.2, 0.25) is 0 Å². The third-order valence-corrected chi connectivity index (χ3v) is 9.63. The van der Waals surface area contributed by atoms with E-state index in [4.69, 9.17) is 4.98 Å². The van der Waals surface area contributed by atoms with Crippen LogP contribution in [0.5, 0.6) is 0 Å². The van der Waals surface area contributed by atoms with Crippen molar-refractivity contribution in [3.63, 3.8) is 0 Å².